The van der Waals surface area contributed by atoms with E-state index in [1.54, 1.807) is 0 Å². The SMILES string of the molecule is N#Cc1ccc(F)c(COc2ccc(F)cc2CO)c1. The van der Waals surface area contributed by atoms with Gasteiger partial charge in [0.2, 0.25) is 0 Å². The number of rotatable bonds is 4. The summed E-state index contributed by atoms with van der Waals surface area (Å²) in [6.07, 6.45) is 0. The lowest BCUT2D eigenvalue weighted by atomic mass is 10.1. The van der Waals surface area contributed by atoms with Crippen molar-refractivity contribution in [1.29, 1.82) is 5.26 Å². The third-order valence-corrected chi connectivity index (χ3v) is 2.75. The van der Waals surface area contributed by atoms with Gasteiger partial charge in [-0.3, -0.25) is 0 Å². The quantitative estimate of drug-likeness (QED) is 0.933. The Labute approximate surface area is 114 Å². The summed E-state index contributed by atoms with van der Waals surface area (Å²) in [6.45, 7) is -0.492. The van der Waals surface area contributed by atoms with E-state index in [1.165, 1.54) is 30.3 Å². The normalized spacial score (nSPS) is 10.1. The van der Waals surface area contributed by atoms with E-state index in [2.05, 4.69) is 0 Å². The number of hydrogen-bond donors (Lipinski definition) is 1. The summed E-state index contributed by atoms with van der Waals surface area (Å²) in [5.74, 6) is -0.702. The maximum absolute atomic E-state index is 13.6. The minimum Gasteiger partial charge on any atom is -0.488 e. The summed E-state index contributed by atoms with van der Waals surface area (Å²) in [5.41, 5.74) is 0.825. The molecular weight excluding hydrogens is 264 g/mol. The third kappa shape index (κ3) is 3.11. The average molecular weight is 275 g/mol. The smallest absolute Gasteiger partial charge is 0.129 e. The van der Waals surface area contributed by atoms with Crippen LogP contribution in [0.4, 0.5) is 8.78 Å². The second-order valence-electron chi connectivity index (χ2n) is 4.12. The average Bonchev–Trinajstić information content (AvgIpc) is 2.47. The van der Waals surface area contributed by atoms with Crippen molar-refractivity contribution in [2.45, 2.75) is 13.2 Å². The van der Waals surface area contributed by atoms with Crippen molar-refractivity contribution < 1.29 is 18.6 Å². The van der Waals surface area contributed by atoms with E-state index in [0.717, 1.165) is 6.07 Å². The number of aliphatic hydroxyl groups excluding tert-OH is 1. The van der Waals surface area contributed by atoms with E-state index in [0.29, 0.717) is 5.56 Å². The largest absolute Gasteiger partial charge is 0.488 e. The Bertz CT molecular complexity index is 665. The van der Waals surface area contributed by atoms with Crippen LogP contribution in [-0.4, -0.2) is 5.11 Å². The zero-order valence-electron chi connectivity index (χ0n) is 10.4. The van der Waals surface area contributed by atoms with Crippen molar-refractivity contribution in [2.24, 2.45) is 0 Å². The van der Waals surface area contributed by atoms with Crippen LogP contribution in [0.25, 0.3) is 0 Å². The van der Waals surface area contributed by atoms with Crippen molar-refractivity contribution in [2.75, 3.05) is 0 Å². The van der Waals surface area contributed by atoms with E-state index in [4.69, 9.17) is 15.1 Å². The van der Waals surface area contributed by atoms with Crippen LogP contribution in [0, 0.1) is 23.0 Å². The van der Waals surface area contributed by atoms with Gasteiger partial charge in [0.15, 0.2) is 0 Å². The summed E-state index contributed by atoms with van der Waals surface area (Å²) < 4.78 is 31.9. The first-order valence-corrected chi connectivity index (χ1v) is 5.84. The maximum Gasteiger partial charge on any atom is 0.129 e. The van der Waals surface area contributed by atoms with Gasteiger partial charge >= 0.3 is 0 Å². The molecule has 0 amide bonds. The van der Waals surface area contributed by atoms with E-state index in [-0.39, 0.29) is 30.1 Å². The van der Waals surface area contributed by atoms with E-state index >= 15 is 0 Å². The molecule has 2 aromatic carbocycles. The number of nitrogens with zero attached hydrogens (tertiary/aromatic N) is 1. The Morgan fingerprint density at radius 2 is 1.90 bits per heavy atom. The molecule has 0 saturated heterocycles. The van der Waals surface area contributed by atoms with Crippen molar-refractivity contribution in [3.63, 3.8) is 0 Å². The molecular formula is C15H11F2NO2. The van der Waals surface area contributed by atoms with Crippen molar-refractivity contribution in [3.05, 3.63) is 64.7 Å². The Morgan fingerprint density at radius 3 is 2.60 bits per heavy atom. The van der Waals surface area contributed by atoms with Gasteiger partial charge in [-0.15, -0.1) is 0 Å². The van der Waals surface area contributed by atoms with Crippen LogP contribution in [0.15, 0.2) is 36.4 Å². The lowest BCUT2D eigenvalue weighted by molar-refractivity contribution is 0.256. The van der Waals surface area contributed by atoms with Gasteiger partial charge in [0.25, 0.3) is 0 Å². The van der Waals surface area contributed by atoms with Gasteiger partial charge in [0.1, 0.15) is 24.0 Å². The maximum atomic E-state index is 13.6. The predicted octanol–water partition coefficient (Wildman–Crippen LogP) is 2.91. The Kier molecular flexibility index (Phi) is 4.28. The van der Waals surface area contributed by atoms with Gasteiger partial charge in [-0.1, -0.05) is 0 Å². The molecule has 0 spiro atoms. The predicted molar refractivity (Wildman–Crippen MR) is 67.8 cm³/mol. The molecule has 0 radical (unpaired) electrons. The molecule has 0 aliphatic heterocycles. The Morgan fingerprint density at radius 1 is 1.10 bits per heavy atom. The molecule has 0 aliphatic carbocycles. The minimum absolute atomic E-state index is 0.111. The molecule has 2 aromatic rings. The number of halogens is 2. The fraction of sp³-hybridized carbons (Fsp3) is 0.133. The number of ether oxygens (including phenoxy) is 1. The van der Waals surface area contributed by atoms with Crippen molar-refractivity contribution in [1.82, 2.24) is 0 Å². The molecule has 1 N–H and O–H groups in total. The molecule has 0 aliphatic rings. The lowest BCUT2D eigenvalue weighted by Gasteiger charge is -2.11. The standard InChI is InChI=1S/C15H11F2NO2/c16-13-2-4-15(11(6-13)8-19)20-9-12-5-10(7-18)1-3-14(12)17/h1-6,19H,8-9H2. The van der Waals surface area contributed by atoms with Crippen LogP contribution < -0.4 is 4.74 Å². The third-order valence-electron chi connectivity index (χ3n) is 2.75. The van der Waals surface area contributed by atoms with Gasteiger partial charge in [-0.05, 0) is 36.4 Å². The van der Waals surface area contributed by atoms with E-state index < -0.39 is 11.6 Å². The first kappa shape index (κ1) is 14.0. The highest BCUT2D eigenvalue weighted by molar-refractivity contribution is 5.36. The Hall–Kier alpha value is -2.45. The molecule has 20 heavy (non-hydrogen) atoms. The highest BCUT2D eigenvalue weighted by Crippen LogP contribution is 2.21. The molecule has 0 aromatic heterocycles. The minimum atomic E-state index is -0.489. The molecule has 3 nitrogen and oxygen atoms in total. The molecule has 2 rings (SSSR count). The number of nitriles is 1. The summed E-state index contributed by atoms with van der Waals surface area (Å²) in [4.78, 5) is 0. The van der Waals surface area contributed by atoms with Gasteiger partial charge in [0.05, 0.1) is 18.2 Å². The highest BCUT2D eigenvalue weighted by atomic mass is 19.1. The van der Waals surface area contributed by atoms with Crippen LogP contribution >= 0.6 is 0 Å². The zero-order valence-corrected chi connectivity index (χ0v) is 10.4. The monoisotopic (exact) mass is 275 g/mol. The molecule has 0 bridgehead atoms. The van der Waals surface area contributed by atoms with E-state index in [1.807, 2.05) is 6.07 Å². The van der Waals surface area contributed by atoms with Crippen LogP contribution in [0.3, 0.4) is 0 Å². The molecule has 5 heteroatoms. The fourth-order valence-electron chi connectivity index (χ4n) is 1.72. The van der Waals surface area contributed by atoms with Crippen molar-refractivity contribution in [3.8, 4) is 11.8 Å². The number of aliphatic hydroxyl groups is 1. The summed E-state index contributed by atoms with van der Waals surface area (Å²) >= 11 is 0. The second-order valence-corrected chi connectivity index (χ2v) is 4.12. The van der Waals surface area contributed by atoms with Gasteiger partial charge < -0.3 is 9.84 Å². The fourth-order valence-corrected chi connectivity index (χ4v) is 1.72. The van der Waals surface area contributed by atoms with Crippen LogP contribution in [0.5, 0.6) is 5.75 Å². The first-order valence-electron chi connectivity index (χ1n) is 5.84. The van der Waals surface area contributed by atoms with Gasteiger partial charge in [-0.2, -0.15) is 5.26 Å². The molecule has 0 fully saturated rings. The Balaban J connectivity index is 2.19. The number of hydrogen-bond acceptors (Lipinski definition) is 3. The van der Waals surface area contributed by atoms with Crippen LogP contribution in [-0.2, 0) is 13.2 Å². The molecule has 0 heterocycles. The highest BCUT2D eigenvalue weighted by Gasteiger charge is 2.08. The molecule has 102 valence electrons. The summed E-state index contributed by atoms with van der Waals surface area (Å²) in [5, 5.41) is 17.9. The lowest BCUT2D eigenvalue weighted by Crippen LogP contribution is -2.02. The molecule has 0 saturated carbocycles. The first-order chi connectivity index (χ1) is 9.63. The number of benzene rings is 2. The molecule has 0 unspecified atom stereocenters. The summed E-state index contributed by atoms with van der Waals surface area (Å²) in [6, 6.07) is 9.57. The second kappa shape index (κ2) is 6.13. The van der Waals surface area contributed by atoms with Gasteiger partial charge in [-0.25, -0.2) is 8.78 Å². The van der Waals surface area contributed by atoms with Crippen LogP contribution in [0.2, 0.25) is 0 Å². The topological polar surface area (TPSA) is 53.2 Å². The molecule has 0 atom stereocenters. The van der Waals surface area contributed by atoms with Crippen molar-refractivity contribution >= 4 is 0 Å². The van der Waals surface area contributed by atoms with Crippen LogP contribution in [0.1, 0.15) is 16.7 Å². The van der Waals surface area contributed by atoms with Gasteiger partial charge in [0, 0.05) is 11.1 Å². The summed E-state index contributed by atoms with van der Waals surface area (Å²) in [7, 11) is 0. The van der Waals surface area contributed by atoms with E-state index in [9.17, 15) is 8.78 Å². The zero-order chi connectivity index (χ0) is 14.5.